The minimum absolute atomic E-state index is 0.904. The van der Waals surface area contributed by atoms with Crippen LogP contribution in [-0.4, -0.2) is 4.57 Å². The third-order valence-electron chi connectivity index (χ3n) is 13.1. The zero-order valence-electron chi connectivity index (χ0n) is 32.8. The number of para-hydroxylation sites is 3. The first-order chi connectivity index (χ1) is 30.2. The average molecular weight is 776 g/mol. The second-order valence-corrected chi connectivity index (χ2v) is 16.3. The normalized spacial score (nSPS) is 12.3. The summed E-state index contributed by atoms with van der Waals surface area (Å²) in [6.45, 7) is 0. The summed E-state index contributed by atoms with van der Waals surface area (Å²) in [6.07, 6.45) is 0. The van der Waals surface area contributed by atoms with Gasteiger partial charge in [-0.1, -0.05) is 140 Å². The monoisotopic (exact) mass is 775 g/mol. The molecular weight excluding hydrogens is 743 g/mol. The second kappa shape index (κ2) is 12.2. The highest BCUT2D eigenvalue weighted by Crippen LogP contribution is 2.49. The van der Waals surface area contributed by atoms with E-state index in [0.717, 1.165) is 60.7 Å². The number of aromatic nitrogens is 1. The Hall–Kier alpha value is -8.14. The molecule has 3 nitrogen and oxygen atoms in total. The molecule has 0 N–H and O–H groups in total. The maximum atomic E-state index is 6.23. The van der Waals surface area contributed by atoms with Gasteiger partial charge in [0.05, 0.1) is 11.0 Å². The van der Waals surface area contributed by atoms with Gasteiger partial charge in [-0.2, -0.15) is 0 Å². The van der Waals surface area contributed by atoms with Crippen molar-refractivity contribution in [3.05, 3.63) is 200 Å². The molecule has 282 valence electrons. The number of furan rings is 2. The van der Waals surface area contributed by atoms with Crippen molar-refractivity contribution in [2.75, 3.05) is 0 Å². The van der Waals surface area contributed by atoms with E-state index in [1.165, 1.54) is 76.0 Å². The third-order valence-corrected chi connectivity index (χ3v) is 13.1. The molecule has 61 heavy (non-hydrogen) atoms. The fourth-order valence-electron chi connectivity index (χ4n) is 10.4. The van der Waals surface area contributed by atoms with E-state index in [4.69, 9.17) is 8.83 Å². The lowest BCUT2D eigenvalue weighted by Crippen LogP contribution is -1.96. The number of fused-ring (bicyclic) bond motifs is 19. The minimum Gasteiger partial charge on any atom is -0.456 e. The number of nitrogens with zero attached hydrogens (tertiary/aromatic N) is 1. The molecule has 0 saturated carbocycles. The molecule has 0 unspecified atom stereocenters. The first kappa shape index (κ1) is 32.8. The Bertz CT molecular complexity index is 4160. The lowest BCUT2D eigenvalue weighted by Gasteiger charge is -2.17. The van der Waals surface area contributed by atoms with Gasteiger partial charge in [-0.25, -0.2) is 0 Å². The first-order valence-electron chi connectivity index (χ1n) is 20.9. The van der Waals surface area contributed by atoms with E-state index >= 15 is 0 Å². The molecule has 0 aliphatic heterocycles. The Morgan fingerprint density at radius 3 is 1.31 bits per heavy atom. The number of hydrogen-bond acceptors (Lipinski definition) is 2. The highest BCUT2D eigenvalue weighted by atomic mass is 16.3. The van der Waals surface area contributed by atoms with Crippen LogP contribution in [0.25, 0.3) is 137 Å². The molecule has 0 atom stereocenters. The molecule has 0 aliphatic carbocycles. The van der Waals surface area contributed by atoms with Gasteiger partial charge in [-0.15, -0.1) is 0 Å². The highest BCUT2D eigenvalue weighted by Gasteiger charge is 2.23. The van der Waals surface area contributed by atoms with E-state index in [1.54, 1.807) is 0 Å². The molecule has 3 heteroatoms. The van der Waals surface area contributed by atoms with E-state index in [1.807, 2.05) is 24.3 Å². The van der Waals surface area contributed by atoms with Crippen molar-refractivity contribution < 1.29 is 8.83 Å². The predicted octanol–water partition coefficient (Wildman–Crippen LogP) is 16.5. The molecule has 3 aromatic heterocycles. The van der Waals surface area contributed by atoms with Crippen LogP contribution in [0, 0.1) is 0 Å². The Labute approximate surface area is 348 Å². The zero-order valence-corrected chi connectivity index (χ0v) is 32.8. The van der Waals surface area contributed by atoms with Crippen molar-refractivity contribution in [2.45, 2.75) is 0 Å². The van der Waals surface area contributed by atoms with Crippen molar-refractivity contribution in [1.82, 2.24) is 4.57 Å². The van der Waals surface area contributed by atoms with Gasteiger partial charge >= 0.3 is 0 Å². The van der Waals surface area contributed by atoms with Crippen LogP contribution in [0.5, 0.6) is 0 Å². The Kier molecular flexibility index (Phi) is 6.56. The lowest BCUT2D eigenvalue weighted by atomic mass is 9.87. The second-order valence-electron chi connectivity index (χ2n) is 16.3. The van der Waals surface area contributed by atoms with Crippen LogP contribution in [0.3, 0.4) is 0 Å². The minimum atomic E-state index is 0.904. The SMILES string of the molecule is c1ccc(-n2c3cc(-c4ccc5oc6ccccc6c5c4)ccc3c3c4ccccc4c4c5ccc(-c6ccc7oc8ccccc8c7c6)cc5c5ccccc5c4c32)cc1. The average Bonchev–Trinajstić information content (AvgIpc) is 4.00. The fraction of sp³-hybridized carbons (Fsp3) is 0. The van der Waals surface area contributed by atoms with Crippen molar-refractivity contribution in [2.24, 2.45) is 0 Å². The molecule has 3 heterocycles. The van der Waals surface area contributed by atoms with Crippen molar-refractivity contribution >= 4 is 109 Å². The maximum absolute atomic E-state index is 6.23. The summed E-state index contributed by atoms with van der Waals surface area (Å²) in [5, 5.41) is 17.1. The van der Waals surface area contributed by atoms with E-state index in [0.29, 0.717) is 0 Å². The van der Waals surface area contributed by atoms with Crippen LogP contribution in [0.1, 0.15) is 0 Å². The van der Waals surface area contributed by atoms with Gasteiger partial charge in [-0.3, -0.25) is 0 Å². The molecule has 14 aromatic rings. The number of hydrogen-bond donors (Lipinski definition) is 0. The van der Waals surface area contributed by atoms with Crippen molar-refractivity contribution in [1.29, 1.82) is 0 Å². The predicted molar refractivity (Wildman–Crippen MR) is 256 cm³/mol. The Balaban J connectivity index is 1.10. The van der Waals surface area contributed by atoms with Crippen LogP contribution < -0.4 is 0 Å². The van der Waals surface area contributed by atoms with Crippen LogP contribution in [0.2, 0.25) is 0 Å². The van der Waals surface area contributed by atoms with Gasteiger partial charge < -0.3 is 13.4 Å². The summed E-state index contributed by atoms with van der Waals surface area (Å²) in [5.41, 5.74) is 11.9. The van der Waals surface area contributed by atoms with E-state index in [2.05, 4.69) is 180 Å². The summed E-state index contributed by atoms with van der Waals surface area (Å²) in [5.74, 6) is 0. The van der Waals surface area contributed by atoms with Crippen LogP contribution in [0.4, 0.5) is 0 Å². The Morgan fingerprint density at radius 1 is 0.262 bits per heavy atom. The standard InChI is InChI=1S/C58H33NO2/c1-2-12-38(13-3-1)59-50-33-37(36-25-29-54-49(32-36)41-16-9-11-21-52(41)61-54)23-27-46(50)56-44-19-7-6-18-43(44)55-45-26-22-34(30-47(45)39-14-4-5-17-42(39)57(55)58(56)59)35-24-28-53-48(31-35)40-15-8-10-20-51(40)60-53/h1-33H. The van der Waals surface area contributed by atoms with Crippen molar-refractivity contribution in [3.63, 3.8) is 0 Å². The summed E-state index contributed by atoms with van der Waals surface area (Å²) < 4.78 is 15.0. The van der Waals surface area contributed by atoms with E-state index in [-0.39, 0.29) is 0 Å². The third kappa shape index (κ3) is 4.58. The smallest absolute Gasteiger partial charge is 0.135 e. The van der Waals surface area contributed by atoms with Gasteiger partial charge in [0.2, 0.25) is 0 Å². The molecule has 0 aliphatic rings. The zero-order chi connectivity index (χ0) is 39.8. The molecule has 14 rings (SSSR count). The molecule has 0 bridgehead atoms. The Morgan fingerprint density at radius 2 is 0.689 bits per heavy atom. The topological polar surface area (TPSA) is 31.2 Å². The molecule has 0 amide bonds. The van der Waals surface area contributed by atoms with Crippen LogP contribution in [0.15, 0.2) is 209 Å². The molecule has 0 radical (unpaired) electrons. The summed E-state index contributed by atoms with van der Waals surface area (Å²) >= 11 is 0. The highest BCUT2D eigenvalue weighted by molar-refractivity contribution is 6.42. The summed E-state index contributed by atoms with van der Waals surface area (Å²) in [4.78, 5) is 0. The quantitative estimate of drug-likeness (QED) is 0.167. The van der Waals surface area contributed by atoms with Gasteiger partial charge in [-0.05, 0) is 115 Å². The van der Waals surface area contributed by atoms with E-state index in [9.17, 15) is 0 Å². The molecule has 0 spiro atoms. The van der Waals surface area contributed by atoms with Gasteiger partial charge in [0, 0.05) is 48.8 Å². The van der Waals surface area contributed by atoms with Crippen LogP contribution >= 0.6 is 0 Å². The summed E-state index contributed by atoms with van der Waals surface area (Å²) in [7, 11) is 0. The fourth-order valence-corrected chi connectivity index (χ4v) is 10.4. The maximum Gasteiger partial charge on any atom is 0.135 e. The van der Waals surface area contributed by atoms with Crippen LogP contribution in [-0.2, 0) is 0 Å². The van der Waals surface area contributed by atoms with Gasteiger partial charge in [0.15, 0.2) is 0 Å². The summed E-state index contributed by atoms with van der Waals surface area (Å²) in [6, 6.07) is 72.8. The van der Waals surface area contributed by atoms with Crippen molar-refractivity contribution in [3.8, 4) is 27.9 Å². The largest absolute Gasteiger partial charge is 0.456 e. The van der Waals surface area contributed by atoms with Gasteiger partial charge in [0.25, 0.3) is 0 Å². The molecular formula is C58H33NO2. The lowest BCUT2D eigenvalue weighted by molar-refractivity contribution is 0.668. The molecule has 0 fully saturated rings. The van der Waals surface area contributed by atoms with E-state index < -0.39 is 0 Å². The number of rotatable bonds is 3. The molecule has 11 aromatic carbocycles. The van der Waals surface area contributed by atoms with Gasteiger partial charge in [0.1, 0.15) is 22.3 Å². The first-order valence-corrected chi connectivity index (χ1v) is 20.9. The number of benzene rings is 11. The molecule has 0 saturated heterocycles.